The van der Waals surface area contributed by atoms with Crippen LogP contribution < -0.4 is 16.4 Å². The third-order valence-corrected chi connectivity index (χ3v) is 5.53. The quantitative estimate of drug-likeness (QED) is 0.750. The van der Waals surface area contributed by atoms with Crippen molar-refractivity contribution in [2.75, 3.05) is 19.6 Å². The van der Waals surface area contributed by atoms with Crippen molar-refractivity contribution in [2.24, 2.45) is 5.92 Å². The van der Waals surface area contributed by atoms with E-state index in [1.807, 2.05) is 6.07 Å². The number of nitrogens with zero attached hydrogens (tertiary/aromatic N) is 2. The lowest BCUT2D eigenvalue weighted by molar-refractivity contribution is 0.0663. The summed E-state index contributed by atoms with van der Waals surface area (Å²) in [5, 5.41) is 6.12. The van der Waals surface area contributed by atoms with Crippen LogP contribution in [0.4, 0.5) is 4.39 Å². The van der Waals surface area contributed by atoms with Crippen LogP contribution in [0, 0.1) is 11.7 Å². The van der Waals surface area contributed by atoms with Crippen molar-refractivity contribution < 1.29 is 9.18 Å². The highest BCUT2D eigenvalue weighted by molar-refractivity contribution is 5.92. The van der Waals surface area contributed by atoms with Crippen molar-refractivity contribution in [1.29, 1.82) is 0 Å². The summed E-state index contributed by atoms with van der Waals surface area (Å²) in [6.45, 7) is 2.03. The van der Waals surface area contributed by atoms with Gasteiger partial charge in [0.15, 0.2) is 0 Å². The Morgan fingerprint density at radius 2 is 2.00 bits per heavy atom. The number of carbonyl (C=O) groups is 1. The van der Waals surface area contributed by atoms with E-state index in [-0.39, 0.29) is 34.9 Å². The smallest absolute Gasteiger partial charge is 0.274 e. The second-order valence-electron chi connectivity index (χ2n) is 7.15. The molecule has 142 valence electrons. The van der Waals surface area contributed by atoms with E-state index in [1.54, 1.807) is 17.0 Å². The molecule has 2 aliphatic rings. The second kappa shape index (κ2) is 7.58. The van der Waals surface area contributed by atoms with Gasteiger partial charge in [0.05, 0.1) is 0 Å². The van der Waals surface area contributed by atoms with Crippen LogP contribution in [0.25, 0.3) is 0 Å². The first-order valence-electron chi connectivity index (χ1n) is 9.20. The molecule has 1 aromatic heterocycles. The van der Waals surface area contributed by atoms with Gasteiger partial charge in [0, 0.05) is 37.7 Å². The first kappa shape index (κ1) is 17.8. The number of aromatic amines is 1. The number of amides is 1. The Hall–Kier alpha value is -2.58. The summed E-state index contributed by atoms with van der Waals surface area (Å²) in [4.78, 5) is 25.4. The molecule has 0 spiro atoms. The van der Waals surface area contributed by atoms with Crippen LogP contribution >= 0.6 is 0 Å². The first-order valence-corrected chi connectivity index (χ1v) is 9.20. The van der Waals surface area contributed by atoms with Crippen LogP contribution in [0.15, 0.2) is 41.2 Å². The van der Waals surface area contributed by atoms with Gasteiger partial charge in [-0.15, -0.1) is 0 Å². The van der Waals surface area contributed by atoms with Crippen LogP contribution in [0.1, 0.15) is 34.8 Å². The minimum Gasteiger partial charge on any atom is -0.337 e. The normalized spacial score (nSPS) is 23.5. The third-order valence-electron chi connectivity index (χ3n) is 5.53. The molecule has 7 nitrogen and oxygen atoms in total. The minimum atomic E-state index is -0.326. The lowest BCUT2D eigenvalue weighted by Gasteiger charge is -2.36. The molecule has 8 heteroatoms. The average molecular weight is 371 g/mol. The monoisotopic (exact) mass is 371 g/mol. The fraction of sp³-hybridized carbons (Fsp3) is 0.421. The molecule has 0 radical (unpaired) electrons. The Kier molecular flexibility index (Phi) is 5.00. The number of hydrogen-bond acceptors (Lipinski definition) is 5. The van der Waals surface area contributed by atoms with Crippen LogP contribution in [0.3, 0.4) is 0 Å². The van der Waals surface area contributed by atoms with Gasteiger partial charge in [0.2, 0.25) is 0 Å². The van der Waals surface area contributed by atoms with E-state index < -0.39 is 0 Å². The molecule has 2 atom stereocenters. The fourth-order valence-corrected chi connectivity index (χ4v) is 4.11. The molecule has 1 amide bonds. The van der Waals surface area contributed by atoms with E-state index >= 15 is 0 Å². The van der Waals surface area contributed by atoms with Gasteiger partial charge in [-0.3, -0.25) is 20.4 Å². The molecule has 2 aliphatic heterocycles. The molecule has 4 rings (SSSR count). The summed E-state index contributed by atoms with van der Waals surface area (Å²) in [6, 6.07) is 9.75. The number of H-pyrrole nitrogens is 1. The molecule has 1 aromatic carbocycles. The number of carbonyl (C=O) groups excluding carboxylic acids is 1. The van der Waals surface area contributed by atoms with Gasteiger partial charge in [0.25, 0.3) is 11.5 Å². The van der Waals surface area contributed by atoms with Crippen LogP contribution in [0.2, 0.25) is 0 Å². The minimum absolute atomic E-state index is 0.163. The van der Waals surface area contributed by atoms with Gasteiger partial charge in [0.1, 0.15) is 11.5 Å². The predicted octanol–water partition coefficient (Wildman–Crippen LogP) is 1.02. The molecule has 3 heterocycles. The highest BCUT2D eigenvalue weighted by atomic mass is 19.1. The van der Waals surface area contributed by atoms with Crippen LogP contribution in [0.5, 0.6) is 0 Å². The maximum Gasteiger partial charge on any atom is 0.274 e. The summed E-state index contributed by atoms with van der Waals surface area (Å²) in [5.41, 5.74) is 7.48. The molecule has 2 aromatic rings. The second-order valence-corrected chi connectivity index (χ2v) is 7.15. The SMILES string of the molecule is O=C(c1ccc(=O)[nH]n1)N1CCC(C2NNCC2c2cccc(F)c2)CC1. The summed E-state index contributed by atoms with van der Waals surface area (Å²) in [7, 11) is 0. The number of piperidine rings is 1. The molecule has 3 N–H and O–H groups in total. The zero-order valence-electron chi connectivity index (χ0n) is 14.8. The van der Waals surface area contributed by atoms with Crippen molar-refractivity contribution in [3.8, 4) is 0 Å². The standard InChI is InChI=1S/C19H22FN5O2/c20-14-3-1-2-13(10-14)15-11-21-24-18(15)12-6-8-25(9-7-12)19(27)16-4-5-17(26)23-22-16/h1-5,10,12,15,18,21,24H,6-9,11H2,(H,23,26). The van der Waals surface area contributed by atoms with E-state index in [9.17, 15) is 14.0 Å². The maximum absolute atomic E-state index is 13.6. The number of hydrogen-bond donors (Lipinski definition) is 3. The largest absolute Gasteiger partial charge is 0.337 e. The van der Waals surface area contributed by atoms with Crippen molar-refractivity contribution >= 4 is 5.91 Å². The van der Waals surface area contributed by atoms with Gasteiger partial charge in [-0.05, 0) is 42.5 Å². The summed E-state index contributed by atoms with van der Waals surface area (Å²) < 4.78 is 13.6. The molecule has 2 unspecified atom stereocenters. The Balaban J connectivity index is 1.40. The predicted molar refractivity (Wildman–Crippen MR) is 97.6 cm³/mol. The van der Waals surface area contributed by atoms with Crippen molar-refractivity contribution in [2.45, 2.75) is 24.8 Å². The number of aromatic nitrogens is 2. The van der Waals surface area contributed by atoms with Gasteiger partial charge >= 0.3 is 0 Å². The maximum atomic E-state index is 13.6. The van der Waals surface area contributed by atoms with E-state index in [0.29, 0.717) is 19.0 Å². The number of likely N-dealkylation sites (tertiary alicyclic amines) is 1. The molecule has 0 bridgehead atoms. The summed E-state index contributed by atoms with van der Waals surface area (Å²) in [5.74, 6) is 0.213. The molecule has 2 fully saturated rings. The van der Waals surface area contributed by atoms with Gasteiger partial charge in [-0.2, -0.15) is 5.10 Å². The third kappa shape index (κ3) is 3.77. The fourth-order valence-electron chi connectivity index (χ4n) is 4.11. The molecule has 0 aliphatic carbocycles. The zero-order valence-corrected chi connectivity index (χ0v) is 14.8. The van der Waals surface area contributed by atoms with Crippen LogP contribution in [-0.2, 0) is 0 Å². The van der Waals surface area contributed by atoms with Gasteiger partial charge < -0.3 is 4.90 Å². The lowest BCUT2D eigenvalue weighted by Crippen LogP contribution is -2.46. The Morgan fingerprint density at radius 3 is 2.70 bits per heavy atom. The van der Waals surface area contributed by atoms with Gasteiger partial charge in [-0.25, -0.2) is 9.49 Å². The average Bonchev–Trinajstić information content (AvgIpc) is 3.18. The van der Waals surface area contributed by atoms with E-state index in [4.69, 9.17) is 0 Å². The Labute approximate surface area is 155 Å². The highest BCUT2D eigenvalue weighted by Gasteiger charge is 2.37. The van der Waals surface area contributed by atoms with E-state index in [0.717, 1.165) is 24.9 Å². The first-order chi connectivity index (χ1) is 13.1. The topological polar surface area (TPSA) is 90.1 Å². The van der Waals surface area contributed by atoms with Crippen molar-refractivity contribution in [1.82, 2.24) is 25.9 Å². The lowest BCUT2D eigenvalue weighted by atomic mass is 9.80. The molecule has 2 saturated heterocycles. The number of benzene rings is 1. The molecule has 27 heavy (non-hydrogen) atoms. The van der Waals surface area contributed by atoms with Crippen molar-refractivity contribution in [3.05, 3.63) is 63.8 Å². The zero-order chi connectivity index (χ0) is 18.8. The summed E-state index contributed by atoms with van der Waals surface area (Å²) >= 11 is 0. The van der Waals surface area contributed by atoms with E-state index in [1.165, 1.54) is 18.2 Å². The number of rotatable bonds is 3. The number of halogens is 1. The molecule has 0 saturated carbocycles. The highest BCUT2D eigenvalue weighted by Crippen LogP contribution is 2.32. The molecular weight excluding hydrogens is 349 g/mol. The number of nitrogens with one attached hydrogen (secondary N) is 3. The van der Waals surface area contributed by atoms with Crippen LogP contribution in [-0.4, -0.2) is 46.7 Å². The van der Waals surface area contributed by atoms with Crippen molar-refractivity contribution in [3.63, 3.8) is 0 Å². The van der Waals surface area contributed by atoms with Gasteiger partial charge in [-0.1, -0.05) is 12.1 Å². The number of hydrazine groups is 1. The van der Waals surface area contributed by atoms with E-state index in [2.05, 4.69) is 21.0 Å². The molecular formula is C19H22FN5O2. The Morgan fingerprint density at radius 1 is 1.19 bits per heavy atom. The Bertz CT molecular complexity index is 858. The summed E-state index contributed by atoms with van der Waals surface area (Å²) in [6.07, 6.45) is 1.72.